The Morgan fingerprint density at radius 3 is 2.57 bits per heavy atom. The van der Waals surface area contributed by atoms with Crippen LogP contribution in [0.2, 0.25) is 0 Å². The van der Waals surface area contributed by atoms with Gasteiger partial charge in [-0.15, -0.1) is 0 Å². The Morgan fingerprint density at radius 2 is 2.00 bits per heavy atom. The molecule has 0 aliphatic carbocycles. The van der Waals surface area contributed by atoms with Crippen molar-refractivity contribution in [3.05, 3.63) is 29.3 Å². The number of esters is 1. The lowest BCUT2D eigenvalue weighted by atomic mass is 9.93. The van der Waals surface area contributed by atoms with Crippen molar-refractivity contribution in [2.75, 3.05) is 13.7 Å². The van der Waals surface area contributed by atoms with Crippen LogP contribution in [0.15, 0.2) is 18.2 Å². The summed E-state index contributed by atoms with van der Waals surface area (Å²) in [5.41, 5.74) is 2.33. The minimum absolute atomic E-state index is 0.0775. The van der Waals surface area contributed by atoms with Gasteiger partial charge in [-0.05, 0) is 43.4 Å². The highest BCUT2D eigenvalue weighted by Crippen LogP contribution is 2.26. The van der Waals surface area contributed by atoms with E-state index >= 15 is 0 Å². The molecule has 0 aliphatic heterocycles. The molecule has 1 aromatic rings. The number of benzene rings is 1. The van der Waals surface area contributed by atoms with Gasteiger partial charge < -0.3 is 9.47 Å². The molecule has 118 valence electrons. The average molecular weight is 292 g/mol. The summed E-state index contributed by atoms with van der Waals surface area (Å²) in [6.45, 7) is 6.55. The molecular formula is C18H28O3. The van der Waals surface area contributed by atoms with Gasteiger partial charge in [0.2, 0.25) is 0 Å². The molecule has 0 spiro atoms. The summed E-state index contributed by atoms with van der Waals surface area (Å²) in [6.07, 6.45) is 4.66. The van der Waals surface area contributed by atoms with E-state index in [2.05, 4.69) is 32.0 Å². The Morgan fingerprint density at radius 1 is 1.24 bits per heavy atom. The SMILES string of the molecule is CCCCC(Cc1ccc(CC)cc1OC)C(=O)OCC. The van der Waals surface area contributed by atoms with Gasteiger partial charge >= 0.3 is 5.97 Å². The lowest BCUT2D eigenvalue weighted by molar-refractivity contribution is -0.148. The molecular weight excluding hydrogens is 264 g/mol. The Hall–Kier alpha value is -1.51. The predicted octanol–water partition coefficient (Wildman–Crippen LogP) is 4.17. The second-order valence-corrected chi connectivity index (χ2v) is 5.30. The zero-order valence-electron chi connectivity index (χ0n) is 13.8. The molecule has 0 aromatic heterocycles. The van der Waals surface area contributed by atoms with Crippen molar-refractivity contribution in [3.63, 3.8) is 0 Å². The molecule has 0 saturated heterocycles. The van der Waals surface area contributed by atoms with Crippen molar-refractivity contribution in [3.8, 4) is 5.75 Å². The third-order valence-electron chi connectivity index (χ3n) is 3.75. The summed E-state index contributed by atoms with van der Waals surface area (Å²) in [4.78, 5) is 12.1. The number of carbonyl (C=O) groups is 1. The monoisotopic (exact) mass is 292 g/mol. The van der Waals surface area contributed by atoms with Gasteiger partial charge in [0.25, 0.3) is 0 Å². The summed E-state index contributed by atoms with van der Waals surface area (Å²) in [7, 11) is 1.68. The Balaban J connectivity index is 2.88. The lowest BCUT2D eigenvalue weighted by Gasteiger charge is -2.17. The van der Waals surface area contributed by atoms with Gasteiger partial charge in [-0.2, -0.15) is 0 Å². The van der Waals surface area contributed by atoms with E-state index < -0.39 is 0 Å². The first-order valence-corrected chi connectivity index (χ1v) is 7.98. The fourth-order valence-corrected chi connectivity index (χ4v) is 2.46. The van der Waals surface area contributed by atoms with Crippen LogP contribution in [-0.2, 0) is 22.4 Å². The molecule has 1 aromatic carbocycles. The van der Waals surface area contributed by atoms with Crippen LogP contribution in [0, 0.1) is 5.92 Å². The van der Waals surface area contributed by atoms with Crippen molar-refractivity contribution < 1.29 is 14.3 Å². The minimum Gasteiger partial charge on any atom is -0.496 e. The molecule has 0 fully saturated rings. The maximum atomic E-state index is 12.1. The highest BCUT2D eigenvalue weighted by atomic mass is 16.5. The summed E-state index contributed by atoms with van der Waals surface area (Å²) in [5.74, 6) is 0.707. The van der Waals surface area contributed by atoms with Crippen LogP contribution >= 0.6 is 0 Å². The molecule has 0 N–H and O–H groups in total. The summed E-state index contributed by atoms with van der Waals surface area (Å²) >= 11 is 0. The number of unbranched alkanes of at least 4 members (excludes halogenated alkanes) is 1. The largest absolute Gasteiger partial charge is 0.496 e. The molecule has 0 radical (unpaired) electrons. The molecule has 1 rings (SSSR count). The second kappa shape index (κ2) is 9.43. The number of carbonyl (C=O) groups excluding carboxylic acids is 1. The molecule has 0 saturated carbocycles. The van der Waals surface area contributed by atoms with E-state index in [0.29, 0.717) is 13.0 Å². The van der Waals surface area contributed by atoms with E-state index in [1.54, 1.807) is 7.11 Å². The van der Waals surface area contributed by atoms with E-state index in [4.69, 9.17) is 9.47 Å². The normalized spacial score (nSPS) is 12.0. The minimum atomic E-state index is -0.0902. The van der Waals surface area contributed by atoms with E-state index in [-0.39, 0.29) is 11.9 Å². The molecule has 1 unspecified atom stereocenters. The number of hydrogen-bond donors (Lipinski definition) is 0. The third-order valence-corrected chi connectivity index (χ3v) is 3.75. The van der Waals surface area contributed by atoms with Crippen LogP contribution in [0.3, 0.4) is 0 Å². The van der Waals surface area contributed by atoms with Crippen LogP contribution in [0.25, 0.3) is 0 Å². The first kappa shape index (κ1) is 17.5. The van der Waals surface area contributed by atoms with Gasteiger partial charge in [0, 0.05) is 0 Å². The molecule has 0 aliphatic rings. The Kier molecular flexibility index (Phi) is 7.88. The van der Waals surface area contributed by atoms with Crippen molar-refractivity contribution in [1.29, 1.82) is 0 Å². The lowest BCUT2D eigenvalue weighted by Crippen LogP contribution is -2.20. The molecule has 0 amide bonds. The van der Waals surface area contributed by atoms with Crippen molar-refractivity contribution >= 4 is 5.97 Å². The molecule has 3 nitrogen and oxygen atoms in total. The van der Waals surface area contributed by atoms with E-state index in [0.717, 1.165) is 37.0 Å². The van der Waals surface area contributed by atoms with Crippen LogP contribution in [0.4, 0.5) is 0 Å². The maximum absolute atomic E-state index is 12.1. The topological polar surface area (TPSA) is 35.5 Å². The van der Waals surface area contributed by atoms with Crippen molar-refractivity contribution in [2.45, 2.75) is 52.9 Å². The summed E-state index contributed by atoms with van der Waals surface area (Å²) < 4.78 is 10.7. The van der Waals surface area contributed by atoms with E-state index in [1.807, 2.05) is 6.92 Å². The predicted molar refractivity (Wildman–Crippen MR) is 85.7 cm³/mol. The number of ether oxygens (including phenoxy) is 2. The van der Waals surface area contributed by atoms with Gasteiger partial charge in [0.05, 0.1) is 19.6 Å². The summed E-state index contributed by atoms with van der Waals surface area (Å²) in [5, 5.41) is 0. The van der Waals surface area contributed by atoms with Crippen LogP contribution < -0.4 is 4.74 Å². The van der Waals surface area contributed by atoms with Gasteiger partial charge in [-0.1, -0.05) is 38.8 Å². The van der Waals surface area contributed by atoms with Crippen molar-refractivity contribution in [2.24, 2.45) is 5.92 Å². The van der Waals surface area contributed by atoms with Gasteiger partial charge in [-0.3, -0.25) is 4.79 Å². The van der Waals surface area contributed by atoms with Gasteiger partial charge in [0.15, 0.2) is 0 Å². The van der Waals surface area contributed by atoms with Crippen LogP contribution in [-0.4, -0.2) is 19.7 Å². The second-order valence-electron chi connectivity index (χ2n) is 5.30. The van der Waals surface area contributed by atoms with Crippen LogP contribution in [0.5, 0.6) is 5.75 Å². The average Bonchev–Trinajstić information content (AvgIpc) is 2.51. The Bertz CT molecular complexity index is 440. The zero-order valence-corrected chi connectivity index (χ0v) is 13.8. The highest BCUT2D eigenvalue weighted by molar-refractivity contribution is 5.73. The number of aryl methyl sites for hydroxylation is 1. The third kappa shape index (κ3) is 5.41. The number of hydrogen-bond acceptors (Lipinski definition) is 3. The number of methoxy groups -OCH3 is 1. The smallest absolute Gasteiger partial charge is 0.309 e. The van der Waals surface area contributed by atoms with E-state index in [1.165, 1.54) is 5.56 Å². The Labute approximate surface area is 128 Å². The van der Waals surface area contributed by atoms with Gasteiger partial charge in [0.1, 0.15) is 5.75 Å². The first-order chi connectivity index (χ1) is 10.2. The first-order valence-electron chi connectivity index (χ1n) is 7.98. The highest BCUT2D eigenvalue weighted by Gasteiger charge is 2.21. The molecule has 3 heteroatoms. The quantitative estimate of drug-likeness (QED) is 0.641. The maximum Gasteiger partial charge on any atom is 0.309 e. The van der Waals surface area contributed by atoms with Gasteiger partial charge in [-0.25, -0.2) is 0 Å². The standard InChI is InChI=1S/C18H28O3/c1-5-8-9-16(18(19)21-7-3)13-15-11-10-14(6-2)12-17(15)20-4/h10-12,16H,5-9,13H2,1-4H3. The molecule has 1 atom stereocenters. The molecule has 21 heavy (non-hydrogen) atoms. The van der Waals surface area contributed by atoms with Crippen molar-refractivity contribution in [1.82, 2.24) is 0 Å². The molecule has 0 bridgehead atoms. The fraction of sp³-hybridized carbons (Fsp3) is 0.611. The van der Waals surface area contributed by atoms with E-state index in [9.17, 15) is 4.79 Å². The van der Waals surface area contributed by atoms with Crippen LogP contribution in [0.1, 0.15) is 51.2 Å². The zero-order chi connectivity index (χ0) is 15.7. The molecule has 0 heterocycles. The summed E-state index contributed by atoms with van der Waals surface area (Å²) in [6, 6.07) is 6.26. The number of rotatable bonds is 9. The fourth-order valence-electron chi connectivity index (χ4n) is 2.46.